The molecule has 0 heterocycles. The van der Waals surface area contributed by atoms with Gasteiger partial charge in [0.1, 0.15) is 41.9 Å². The number of rotatable bonds is 18. The lowest BCUT2D eigenvalue weighted by molar-refractivity contribution is -0.230. The van der Waals surface area contributed by atoms with E-state index in [2.05, 4.69) is 13.2 Å². The van der Waals surface area contributed by atoms with Gasteiger partial charge >= 0.3 is 30.8 Å². The summed E-state index contributed by atoms with van der Waals surface area (Å²) in [6.45, 7) is 15.6. The van der Waals surface area contributed by atoms with E-state index in [4.69, 9.17) is 13.8 Å². The Hall–Kier alpha value is -2.24. The Morgan fingerprint density at radius 1 is 0.651 bits per heavy atom. The zero-order chi connectivity index (χ0) is 65.0. The highest BCUT2D eigenvalue weighted by Crippen LogP contribution is 2.74. The average Bonchev–Trinajstić information content (AvgIpc) is 1.50. The number of thioether (sulfide) groups is 2. The number of hydrogen-bond acceptors (Lipinski definition) is 19. The zero-order valence-corrected chi connectivity index (χ0v) is 53.5. The minimum absolute atomic E-state index is 0.00844. The van der Waals surface area contributed by atoms with E-state index in [0.29, 0.717) is 23.5 Å². The summed E-state index contributed by atoms with van der Waals surface area (Å²) in [6, 6.07) is -2.03. The van der Waals surface area contributed by atoms with E-state index in [1.54, 1.807) is 41.5 Å². The Bertz CT molecular complexity index is 2920. The standard InChI is InChI=1S/C27H38F3O7PS.C22H27F3O4S.C6H12F3O6PS/c1-6-36-38(34,37-7-2)15-35-22-13-25(5)18(10-16(3)27(25,33)23(32)39-14-28)19-12-21(29)20-11-17(31)8-9-24(20,4)26(19,22)30;1-11-6-13-14-8-16(24)15-7-12(26)4-5-19(15,2)21(14,25)17(27)9-20(13,3)22(11,29)18(28)30-10-23;1-3-13-16(10,14-4-2)5-15-17(11,12)6(7,8)9/h8-9,11,16,18-19,21-22,33H,6-7,10,12-15H2,1-5H3;4-5,7,11,13-14,16-17,27,29H,6,8-10H2,1-3H3;3-5H2,1-2H3/t16-,18+,19+,21+,22+,24+,25+,26+,27+;11-,13+,14+,16+,17+,19+,20+,21+,22+;/m11./s1. The largest absolute Gasteiger partial charge is 0.523 e. The van der Waals surface area contributed by atoms with E-state index in [1.165, 1.54) is 52.0 Å². The molecule has 490 valence electrons. The smallest absolute Gasteiger partial charge is 0.390 e. The van der Waals surface area contributed by atoms with Crippen molar-refractivity contribution in [3.05, 3.63) is 47.6 Å². The predicted molar refractivity (Wildman–Crippen MR) is 300 cm³/mol. The van der Waals surface area contributed by atoms with Gasteiger partial charge in [0.25, 0.3) is 0 Å². The molecule has 3 N–H and O–H groups in total. The molecule has 0 aromatic carbocycles. The van der Waals surface area contributed by atoms with Crippen LogP contribution in [0.5, 0.6) is 0 Å². The third kappa shape index (κ3) is 11.9. The van der Waals surface area contributed by atoms with Crippen molar-refractivity contribution in [2.24, 2.45) is 57.2 Å². The summed E-state index contributed by atoms with van der Waals surface area (Å²) in [7, 11) is -13.6. The maximum absolute atomic E-state index is 18.1. The number of carbonyl (C=O) groups is 4. The molecule has 0 radical (unpaired) electrons. The van der Waals surface area contributed by atoms with E-state index in [9.17, 15) is 74.0 Å². The van der Waals surface area contributed by atoms with Crippen LogP contribution in [0.1, 0.15) is 108 Å². The van der Waals surface area contributed by atoms with Gasteiger partial charge in [-0.2, -0.15) is 21.6 Å². The lowest BCUT2D eigenvalue weighted by Crippen LogP contribution is -2.70. The van der Waals surface area contributed by atoms with Crippen molar-refractivity contribution < 1.29 is 119 Å². The molecule has 0 spiro atoms. The Labute approximate surface area is 503 Å². The van der Waals surface area contributed by atoms with Crippen molar-refractivity contribution in [2.45, 2.75) is 160 Å². The molecule has 0 aromatic heterocycles. The van der Waals surface area contributed by atoms with Crippen LogP contribution in [0.2, 0.25) is 0 Å². The van der Waals surface area contributed by atoms with E-state index in [1.807, 2.05) is 0 Å². The van der Waals surface area contributed by atoms with Crippen LogP contribution in [-0.4, -0.2) is 149 Å². The molecule has 0 unspecified atom stereocenters. The molecule has 86 heavy (non-hydrogen) atoms. The summed E-state index contributed by atoms with van der Waals surface area (Å²) in [6.07, 6.45) is -1.18. The van der Waals surface area contributed by atoms with E-state index in [0.717, 1.165) is 12.2 Å². The molecule has 17 nitrogen and oxygen atoms in total. The second-order valence-electron chi connectivity index (χ2n) is 23.9. The van der Waals surface area contributed by atoms with Crippen LogP contribution in [0.3, 0.4) is 0 Å². The van der Waals surface area contributed by atoms with Gasteiger partial charge in [0.05, 0.1) is 38.6 Å². The van der Waals surface area contributed by atoms with Crippen LogP contribution in [-0.2, 0) is 65.4 Å². The minimum Gasteiger partial charge on any atom is -0.390 e. The van der Waals surface area contributed by atoms with Crippen LogP contribution >= 0.6 is 38.7 Å². The Balaban J connectivity index is 0.000000223. The highest BCUT2D eigenvalue weighted by Gasteiger charge is 2.79. The van der Waals surface area contributed by atoms with Crippen molar-refractivity contribution in [1.82, 2.24) is 0 Å². The van der Waals surface area contributed by atoms with Crippen LogP contribution < -0.4 is 0 Å². The summed E-state index contributed by atoms with van der Waals surface area (Å²) in [5.41, 5.74) is -19.7. The number of halogens is 9. The van der Waals surface area contributed by atoms with Gasteiger partial charge in [0, 0.05) is 33.5 Å². The number of ether oxygens (including phenoxy) is 1. The average molecular weight is 1340 g/mol. The Morgan fingerprint density at radius 2 is 1.02 bits per heavy atom. The molecule has 6 saturated carbocycles. The first-order valence-electron chi connectivity index (χ1n) is 28.1. The van der Waals surface area contributed by atoms with Crippen LogP contribution in [0.4, 0.5) is 39.5 Å². The molecule has 0 saturated heterocycles. The molecule has 8 aliphatic carbocycles. The van der Waals surface area contributed by atoms with E-state index < -0.39 is 182 Å². The van der Waals surface area contributed by atoms with Crippen molar-refractivity contribution >= 4 is 70.6 Å². The molecule has 0 aromatic rings. The highest BCUT2D eigenvalue weighted by atomic mass is 32.2. The van der Waals surface area contributed by atoms with Gasteiger partial charge in [-0.25, -0.2) is 26.3 Å². The van der Waals surface area contributed by atoms with Crippen molar-refractivity contribution in [1.29, 1.82) is 0 Å². The first-order chi connectivity index (χ1) is 39.6. The number of hydrogen-bond donors (Lipinski definition) is 3. The minimum atomic E-state index is -5.80. The second kappa shape index (κ2) is 26.0. The van der Waals surface area contributed by atoms with Gasteiger partial charge in [-0.15, -0.1) is 0 Å². The first kappa shape index (κ1) is 72.8. The lowest BCUT2D eigenvalue weighted by Gasteiger charge is -2.63. The van der Waals surface area contributed by atoms with Crippen molar-refractivity contribution in [3.63, 3.8) is 0 Å². The fourth-order valence-electron chi connectivity index (χ4n) is 15.8. The summed E-state index contributed by atoms with van der Waals surface area (Å²) in [5, 5.41) is 33.0. The molecule has 18 atom stereocenters. The Kier molecular flexibility index (Phi) is 22.0. The van der Waals surface area contributed by atoms with Crippen LogP contribution in [0.15, 0.2) is 47.6 Å². The second-order valence-corrected chi connectivity index (χ2v) is 31.3. The van der Waals surface area contributed by atoms with Gasteiger partial charge in [-0.1, -0.05) is 63.4 Å². The van der Waals surface area contributed by atoms with Crippen molar-refractivity contribution in [3.8, 4) is 0 Å². The Morgan fingerprint density at radius 3 is 1.41 bits per heavy atom. The third-order valence-electron chi connectivity index (χ3n) is 19.8. The number of aliphatic hydroxyl groups is 3. The van der Waals surface area contributed by atoms with Gasteiger partial charge in [-0.05, 0) is 139 Å². The normalized spacial score (nSPS) is 40.7. The van der Waals surface area contributed by atoms with E-state index in [-0.39, 0.29) is 76.1 Å². The molecular formula is C55H77F9O17P2S3. The maximum Gasteiger partial charge on any atom is 0.523 e. The van der Waals surface area contributed by atoms with Gasteiger partial charge < -0.3 is 38.2 Å². The first-order valence-corrected chi connectivity index (χ1v) is 35.0. The molecule has 0 aliphatic heterocycles. The summed E-state index contributed by atoms with van der Waals surface area (Å²) >= 11 is 0.728. The monoisotopic (exact) mass is 1340 g/mol. The topological polar surface area (TPSA) is 253 Å². The van der Waals surface area contributed by atoms with Crippen LogP contribution in [0, 0.1) is 57.2 Å². The molecule has 0 amide bonds. The van der Waals surface area contributed by atoms with Crippen molar-refractivity contribution in [2.75, 3.05) is 51.1 Å². The number of ketones is 2. The van der Waals surface area contributed by atoms with Gasteiger partial charge in [0.2, 0.25) is 10.2 Å². The molecular weight excluding hydrogens is 1260 g/mol. The molecule has 31 heteroatoms. The number of fused-ring (bicyclic) bond motifs is 10. The molecule has 8 rings (SSSR count). The molecule has 6 fully saturated rings. The van der Waals surface area contributed by atoms with Gasteiger partial charge in [-0.3, -0.25) is 32.5 Å². The summed E-state index contributed by atoms with van der Waals surface area (Å²) in [5.74, 6) is -5.36. The fraction of sp³-hybridized carbons (Fsp3) is 0.782. The number of aliphatic hydroxyl groups excluding tert-OH is 1. The maximum atomic E-state index is 18.1. The van der Waals surface area contributed by atoms with Crippen LogP contribution in [0.25, 0.3) is 0 Å². The zero-order valence-electron chi connectivity index (χ0n) is 49.2. The fourth-order valence-corrected chi connectivity index (χ4v) is 20.9. The summed E-state index contributed by atoms with van der Waals surface area (Å²) in [4.78, 5) is 50.0. The number of alkyl halides is 9. The quantitative estimate of drug-likeness (QED) is 0.0499. The molecule has 0 bridgehead atoms. The highest BCUT2D eigenvalue weighted by molar-refractivity contribution is 8.14. The number of carbonyl (C=O) groups excluding carboxylic acids is 4. The van der Waals surface area contributed by atoms with E-state index >= 15 is 17.6 Å². The molecule has 8 aliphatic rings. The summed E-state index contributed by atoms with van der Waals surface area (Å²) < 4.78 is 203. The SMILES string of the molecule is CCOP(=O)(COS(=O)(=O)C(F)(F)F)OCC.CCOP(=O)(CO[C@H]1C[C@@]2(C)[C@@H](C[C@@H](C)[C@]2(O)C(=O)SCF)[C@@H]2C[C@H](F)C3=CC(=O)C=C[C@]3(C)[C@@]12F)OCC.C[C@@H]1C[C@H]2[C@@H]3C[C@H](F)C4=CC(=O)C=C[C@]4(C)[C@@]3(F)[C@@H](O)C[C@]2(C)[C@@]1(O)C(=O)SCF. The third-order valence-corrected chi connectivity index (χ3v) is 25.8. The predicted octanol–water partition coefficient (Wildman–Crippen LogP) is 11.3. The van der Waals surface area contributed by atoms with Gasteiger partial charge in [0.15, 0.2) is 29.3 Å². The lowest BCUT2D eigenvalue weighted by atomic mass is 9.44. The number of allylic oxidation sites excluding steroid dienone is 8.